The Labute approximate surface area is 244 Å². The largest absolute Gasteiger partial charge is 0.354 e. The predicted molar refractivity (Wildman–Crippen MR) is 160 cm³/mol. The number of hydrogen-bond acceptors (Lipinski definition) is 4. The molecule has 0 heterocycles. The second-order valence-electron chi connectivity index (χ2n) is 9.74. The lowest BCUT2D eigenvalue weighted by Crippen LogP contribution is -2.53. The molecule has 0 aliphatic heterocycles. The van der Waals surface area contributed by atoms with Crippen LogP contribution in [-0.2, 0) is 32.6 Å². The van der Waals surface area contributed by atoms with E-state index in [-0.39, 0.29) is 24.8 Å². The number of hydrogen-bond donors (Lipinski definition) is 1. The molecule has 0 saturated carbocycles. The second-order valence-corrected chi connectivity index (χ2v) is 13.0. The smallest absolute Gasteiger partial charge is 0.244 e. The van der Waals surface area contributed by atoms with Crippen molar-refractivity contribution in [1.82, 2.24) is 10.2 Å². The highest BCUT2D eigenvalue weighted by Crippen LogP contribution is 2.22. The highest BCUT2D eigenvalue weighted by Gasteiger charge is 2.33. The maximum absolute atomic E-state index is 14.0. The number of sulfonamides is 1. The molecule has 0 saturated heterocycles. The molecule has 3 rings (SSSR count). The Hall–Kier alpha value is -2.88. The zero-order valence-electron chi connectivity index (χ0n) is 22.2. The zero-order valence-corrected chi connectivity index (χ0v) is 25.3. The van der Waals surface area contributed by atoms with Crippen LogP contribution in [0.25, 0.3) is 0 Å². The number of carbonyl (C=O) groups excluding carboxylic acids is 2. The van der Waals surface area contributed by atoms with Gasteiger partial charge < -0.3 is 10.2 Å². The summed E-state index contributed by atoms with van der Waals surface area (Å²) >= 11 is 9.43. The lowest BCUT2D eigenvalue weighted by molar-refractivity contribution is -0.140. The van der Waals surface area contributed by atoms with E-state index in [0.717, 1.165) is 26.2 Å². The number of nitrogens with zero attached hydrogens (tertiary/aromatic N) is 2. The molecule has 2 amide bonds. The van der Waals surface area contributed by atoms with E-state index in [9.17, 15) is 18.0 Å². The number of anilines is 1. The molecular weight excluding hydrogens is 602 g/mol. The topological polar surface area (TPSA) is 86.8 Å². The maximum Gasteiger partial charge on any atom is 0.244 e. The van der Waals surface area contributed by atoms with E-state index in [4.69, 9.17) is 11.6 Å². The molecule has 0 bridgehead atoms. The summed E-state index contributed by atoms with van der Waals surface area (Å²) in [7, 11) is -3.83. The normalized spacial score (nSPS) is 12.2. The summed E-state index contributed by atoms with van der Waals surface area (Å²) in [5.41, 5.74) is 2.00. The van der Waals surface area contributed by atoms with Crippen LogP contribution in [0.3, 0.4) is 0 Å². The first-order chi connectivity index (χ1) is 18.4. The van der Waals surface area contributed by atoms with Crippen LogP contribution in [0.15, 0.2) is 83.3 Å². The molecule has 7 nitrogen and oxygen atoms in total. The van der Waals surface area contributed by atoms with E-state index in [0.29, 0.717) is 17.3 Å². The minimum atomic E-state index is -3.83. The third-order valence-corrected chi connectivity index (χ3v) is 7.94. The molecule has 0 aromatic heterocycles. The molecule has 0 unspecified atom stereocenters. The van der Waals surface area contributed by atoms with Crippen LogP contribution in [0, 0.1) is 5.92 Å². The Kier molecular flexibility index (Phi) is 11.0. The highest BCUT2D eigenvalue weighted by molar-refractivity contribution is 9.10. The Bertz CT molecular complexity index is 1350. The summed E-state index contributed by atoms with van der Waals surface area (Å²) in [5.74, 6) is -0.582. The Morgan fingerprint density at radius 2 is 1.54 bits per heavy atom. The van der Waals surface area contributed by atoms with Crippen molar-refractivity contribution in [3.63, 3.8) is 0 Å². The quantitative estimate of drug-likeness (QED) is 0.294. The van der Waals surface area contributed by atoms with Crippen molar-refractivity contribution in [3.8, 4) is 0 Å². The van der Waals surface area contributed by atoms with Gasteiger partial charge in [-0.3, -0.25) is 13.9 Å². The highest BCUT2D eigenvalue weighted by atomic mass is 79.9. The van der Waals surface area contributed by atoms with Crippen LogP contribution in [0.4, 0.5) is 5.69 Å². The minimum absolute atomic E-state index is 0.122. The number of carbonyl (C=O) groups is 2. The SMILES string of the molecule is CC(C)CNC(=O)[C@@H](Cc1ccccc1)N(Cc1ccc(Br)cc1)C(=O)CN(c1ccc(Cl)cc1)S(C)(=O)=O. The monoisotopic (exact) mass is 633 g/mol. The van der Waals surface area contributed by atoms with Crippen LogP contribution in [0.2, 0.25) is 5.02 Å². The number of benzene rings is 3. The molecule has 0 fully saturated rings. The van der Waals surface area contributed by atoms with Crippen LogP contribution >= 0.6 is 27.5 Å². The van der Waals surface area contributed by atoms with Crippen LogP contribution < -0.4 is 9.62 Å². The van der Waals surface area contributed by atoms with Gasteiger partial charge in [0.2, 0.25) is 21.8 Å². The van der Waals surface area contributed by atoms with Gasteiger partial charge in [0.15, 0.2) is 0 Å². The first kappa shape index (κ1) is 30.7. The van der Waals surface area contributed by atoms with Gasteiger partial charge in [-0.1, -0.05) is 83.8 Å². The van der Waals surface area contributed by atoms with E-state index in [1.165, 1.54) is 4.90 Å². The molecule has 3 aromatic carbocycles. The van der Waals surface area contributed by atoms with E-state index in [1.54, 1.807) is 24.3 Å². The van der Waals surface area contributed by atoms with Gasteiger partial charge in [-0.05, 0) is 53.4 Å². The van der Waals surface area contributed by atoms with Gasteiger partial charge in [-0.25, -0.2) is 8.42 Å². The first-order valence-corrected chi connectivity index (χ1v) is 15.5. The van der Waals surface area contributed by atoms with E-state index in [1.807, 2.05) is 68.4 Å². The lowest BCUT2D eigenvalue weighted by atomic mass is 10.0. The van der Waals surface area contributed by atoms with Crippen molar-refractivity contribution in [2.75, 3.05) is 23.7 Å². The molecule has 0 spiro atoms. The summed E-state index contributed by atoms with van der Waals surface area (Å²) in [4.78, 5) is 29.0. The van der Waals surface area contributed by atoms with Crippen molar-refractivity contribution in [1.29, 1.82) is 0 Å². The average Bonchev–Trinajstić information content (AvgIpc) is 2.89. The van der Waals surface area contributed by atoms with Crippen LogP contribution in [0.5, 0.6) is 0 Å². The average molecular weight is 635 g/mol. The van der Waals surface area contributed by atoms with Crippen molar-refractivity contribution in [2.24, 2.45) is 5.92 Å². The third-order valence-electron chi connectivity index (χ3n) is 6.02. The van der Waals surface area contributed by atoms with Crippen LogP contribution in [0.1, 0.15) is 25.0 Å². The minimum Gasteiger partial charge on any atom is -0.354 e. The van der Waals surface area contributed by atoms with Crippen molar-refractivity contribution in [3.05, 3.63) is 99.5 Å². The summed E-state index contributed by atoms with van der Waals surface area (Å²) in [5, 5.41) is 3.41. The fourth-order valence-corrected chi connectivity index (χ4v) is 5.22. The number of nitrogens with one attached hydrogen (secondary N) is 1. The van der Waals surface area contributed by atoms with Crippen molar-refractivity contribution < 1.29 is 18.0 Å². The van der Waals surface area contributed by atoms with Gasteiger partial charge in [0.05, 0.1) is 11.9 Å². The molecule has 1 atom stereocenters. The molecule has 0 aliphatic carbocycles. The predicted octanol–water partition coefficient (Wildman–Crippen LogP) is 5.28. The molecular formula is C29H33BrClN3O4S. The Morgan fingerprint density at radius 3 is 2.10 bits per heavy atom. The second kappa shape index (κ2) is 14.0. The summed E-state index contributed by atoms with van der Waals surface area (Å²) in [6, 6.07) is 22.3. The fourth-order valence-electron chi connectivity index (χ4n) is 3.98. The maximum atomic E-state index is 14.0. The van der Waals surface area contributed by atoms with E-state index < -0.39 is 28.5 Å². The van der Waals surface area contributed by atoms with Crippen LogP contribution in [-0.4, -0.2) is 50.5 Å². The molecule has 208 valence electrons. The number of halogens is 2. The summed E-state index contributed by atoms with van der Waals surface area (Å²) < 4.78 is 27.5. The van der Waals surface area contributed by atoms with Crippen molar-refractivity contribution in [2.45, 2.75) is 32.9 Å². The molecule has 39 heavy (non-hydrogen) atoms. The van der Waals surface area contributed by atoms with E-state index >= 15 is 0 Å². The van der Waals surface area contributed by atoms with Crippen molar-refractivity contribution >= 4 is 55.1 Å². The van der Waals surface area contributed by atoms with Gasteiger partial charge in [0.1, 0.15) is 12.6 Å². The Balaban J connectivity index is 2.03. The molecule has 3 aromatic rings. The third kappa shape index (κ3) is 9.37. The number of rotatable bonds is 12. The standard InChI is InChI=1S/C29H33BrClN3O4S/c1-21(2)18-32-29(36)27(17-22-7-5-4-6-8-22)33(19-23-9-11-24(30)12-10-23)28(35)20-34(39(3,37)38)26-15-13-25(31)14-16-26/h4-16,21,27H,17-20H2,1-3H3,(H,32,36)/t27-/m1/s1. The zero-order chi connectivity index (χ0) is 28.6. The number of amides is 2. The van der Waals surface area contributed by atoms with Gasteiger partial charge in [-0.15, -0.1) is 0 Å². The first-order valence-electron chi connectivity index (χ1n) is 12.5. The molecule has 0 radical (unpaired) electrons. The molecule has 10 heteroatoms. The van der Waals surface area contributed by atoms with E-state index in [2.05, 4.69) is 21.2 Å². The summed E-state index contributed by atoms with van der Waals surface area (Å²) in [6.07, 6.45) is 1.32. The van der Waals surface area contributed by atoms with Gasteiger partial charge >= 0.3 is 0 Å². The molecule has 0 aliphatic rings. The fraction of sp³-hybridized carbons (Fsp3) is 0.310. The van der Waals surface area contributed by atoms with Gasteiger partial charge in [-0.2, -0.15) is 0 Å². The van der Waals surface area contributed by atoms with Gasteiger partial charge in [0.25, 0.3) is 0 Å². The van der Waals surface area contributed by atoms with Gasteiger partial charge in [0, 0.05) is 29.0 Å². The molecule has 1 N–H and O–H groups in total. The summed E-state index contributed by atoms with van der Waals surface area (Å²) in [6.45, 7) is 4.09. The lowest BCUT2D eigenvalue weighted by Gasteiger charge is -2.33. The Morgan fingerprint density at radius 1 is 0.923 bits per heavy atom.